The number of hydrogen-bond donors (Lipinski definition) is 0. The first kappa shape index (κ1) is 16.9. The number of ether oxygens (including phenoxy) is 2. The highest BCUT2D eigenvalue weighted by Gasteiger charge is 1.92. The van der Waals surface area contributed by atoms with Crippen LogP contribution in [0.3, 0.4) is 0 Å². The molecule has 0 amide bonds. The SMILES string of the molecule is CCCCCCCCCOCOCCCCC. The summed E-state index contributed by atoms with van der Waals surface area (Å²) in [5.41, 5.74) is 0. The van der Waals surface area contributed by atoms with Crippen LogP contribution in [0, 0.1) is 0 Å². The third kappa shape index (κ3) is 15.9. The van der Waals surface area contributed by atoms with Crippen LogP contribution < -0.4 is 0 Å². The van der Waals surface area contributed by atoms with Gasteiger partial charge in [0.1, 0.15) is 6.79 Å². The Morgan fingerprint density at radius 2 is 0.941 bits per heavy atom. The van der Waals surface area contributed by atoms with Crippen molar-refractivity contribution in [1.29, 1.82) is 0 Å². The molecule has 0 aromatic heterocycles. The van der Waals surface area contributed by atoms with Gasteiger partial charge in [-0.1, -0.05) is 65.2 Å². The third-order valence-electron chi connectivity index (χ3n) is 2.95. The van der Waals surface area contributed by atoms with Gasteiger partial charge in [-0.3, -0.25) is 0 Å². The lowest BCUT2D eigenvalue weighted by Gasteiger charge is -2.05. The number of unbranched alkanes of at least 4 members (excludes halogenated alkanes) is 8. The van der Waals surface area contributed by atoms with Gasteiger partial charge < -0.3 is 9.47 Å². The molecule has 0 N–H and O–H groups in total. The van der Waals surface area contributed by atoms with E-state index in [9.17, 15) is 0 Å². The lowest BCUT2D eigenvalue weighted by Crippen LogP contribution is -2.02. The summed E-state index contributed by atoms with van der Waals surface area (Å²) in [7, 11) is 0. The summed E-state index contributed by atoms with van der Waals surface area (Å²) in [5, 5.41) is 0. The zero-order chi connectivity index (χ0) is 12.6. The quantitative estimate of drug-likeness (QED) is 0.319. The molecule has 0 atom stereocenters. The van der Waals surface area contributed by atoms with Crippen LogP contribution in [0.1, 0.15) is 78.1 Å². The Balaban J connectivity index is 2.85. The summed E-state index contributed by atoms with van der Waals surface area (Å²) in [4.78, 5) is 0. The van der Waals surface area contributed by atoms with E-state index >= 15 is 0 Å². The summed E-state index contributed by atoms with van der Waals surface area (Å²) in [5.74, 6) is 0. The highest BCUT2D eigenvalue weighted by atomic mass is 16.7. The Morgan fingerprint density at radius 1 is 0.529 bits per heavy atom. The van der Waals surface area contributed by atoms with E-state index in [0.717, 1.165) is 19.6 Å². The fourth-order valence-electron chi connectivity index (χ4n) is 1.79. The normalized spacial score (nSPS) is 10.9. The van der Waals surface area contributed by atoms with Gasteiger partial charge in [-0.25, -0.2) is 0 Å². The van der Waals surface area contributed by atoms with Gasteiger partial charge in [0.05, 0.1) is 0 Å². The molecule has 0 aromatic rings. The zero-order valence-corrected chi connectivity index (χ0v) is 12.0. The molecule has 0 unspecified atom stereocenters. The first-order valence-corrected chi connectivity index (χ1v) is 7.57. The van der Waals surface area contributed by atoms with Crippen molar-refractivity contribution < 1.29 is 9.47 Å². The molecule has 0 aliphatic rings. The Kier molecular flexibility index (Phi) is 15.8. The molecule has 104 valence electrons. The summed E-state index contributed by atoms with van der Waals surface area (Å²) in [6.07, 6.45) is 13.0. The first-order valence-electron chi connectivity index (χ1n) is 7.57. The summed E-state index contributed by atoms with van der Waals surface area (Å²) < 4.78 is 10.8. The van der Waals surface area contributed by atoms with Crippen LogP contribution in [0.2, 0.25) is 0 Å². The summed E-state index contributed by atoms with van der Waals surface area (Å²) in [6, 6.07) is 0. The number of hydrogen-bond acceptors (Lipinski definition) is 2. The zero-order valence-electron chi connectivity index (χ0n) is 12.0. The molecule has 0 saturated heterocycles. The summed E-state index contributed by atoms with van der Waals surface area (Å²) >= 11 is 0. The summed E-state index contributed by atoms with van der Waals surface area (Å²) in [6.45, 7) is 6.66. The molecule has 0 saturated carbocycles. The van der Waals surface area contributed by atoms with Crippen LogP contribution in [0.25, 0.3) is 0 Å². The van der Waals surface area contributed by atoms with E-state index in [4.69, 9.17) is 9.47 Å². The second kappa shape index (κ2) is 15.9. The Hall–Kier alpha value is -0.0800. The van der Waals surface area contributed by atoms with Crippen molar-refractivity contribution in [2.75, 3.05) is 20.0 Å². The highest BCUT2D eigenvalue weighted by molar-refractivity contribution is 4.44. The Morgan fingerprint density at radius 3 is 1.53 bits per heavy atom. The minimum Gasteiger partial charge on any atom is -0.355 e. The Bertz CT molecular complexity index is 112. The largest absolute Gasteiger partial charge is 0.355 e. The van der Waals surface area contributed by atoms with Gasteiger partial charge in [-0.05, 0) is 12.8 Å². The van der Waals surface area contributed by atoms with Crippen molar-refractivity contribution in [1.82, 2.24) is 0 Å². The second-order valence-corrected chi connectivity index (χ2v) is 4.76. The third-order valence-corrected chi connectivity index (χ3v) is 2.95. The van der Waals surface area contributed by atoms with Gasteiger partial charge in [0.25, 0.3) is 0 Å². The minimum atomic E-state index is 0.486. The predicted octanol–water partition coefficient (Wildman–Crippen LogP) is 4.92. The predicted molar refractivity (Wildman–Crippen MR) is 74.3 cm³/mol. The Labute approximate surface area is 108 Å². The molecule has 0 spiro atoms. The second-order valence-electron chi connectivity index (χ2n) is 4.76. The van der Waals surface area contributed by atoms with E-state index in [0.29, 0.717) is 6.79 Å². The van der Waals surface area contributed by atoms with Gasteiger partial charge in [0, 0.05) is 13.2 Å². The molecule has 0 aliphatic carbocycles. The highest BCUT2D eigenvalue weighted by Crippen LogP contribution is 2.06. The lowest BCUT2D eigenvalue weighted by atomic mass is 10.1. The minimum absolute atomic E-state index is 0.486. The van der Waals surface area contributed by atoms with Crippen molar-refractivity contribution in [2.24, 2.45) is 0 Å². The maximum absolute atomic E-state index is 5.42. The van der Waals surface area contributed by atoms with E-state index in [1.807, 2.05) is 0 Å². The molecular weight excluding hydrogens is 212 g/mol. The molecule has 2 nitrogen and oxygen atoms in total. The number of rotatable bonds is 14. The van der Waals surface area contributed by atoms with E-state index in [1.165, 1.54) is 57.8 Å². The van der Waals surface area contributed by atoms with Crippen molar-refractivity contribution in [3.05, 3.63) is 0 Å². The smallest absolute Gasteiger partial charge is 0.146 e. The molecule has 0 aromatic carbocycles. The van der Waals surface area contributed by atoms with E-state index in [2.05, 4.69) is 13.8 Å². The standard InChI is InChI=1S/C15H32O2/c1-3-5-7-8-9-10-12-14-17-15-16-13-11-6-4-2/h3-15H2,1-2H3. The maximum Gasteiger partial charge on any atom is 0.146 e. The van der Waals surface area contributed by atoms with Crippen LogP contribution in [0.15, 0.2) is 0 Å². The molecule has 0 fully saturated rings. The van der Waals surface area contributed by atoms with Crippen LogP contribution in [0.5, 0.6) is 0 Å². The van der Waals surface area contributed by atoms with Crippen LogP contribution in [0.4, 0.5) is 0 Å². The molecule has 2 heteroatoms. The van der Waals surface area contributed by atoms with Crippen molar-refractivity contribution in [3.63, 3.8) is 0 Å². The van der Waals surface area contributed by atoms with Gasteiger partial charge in [-0.15, -0.1) is 0 Å². The van der Waals surface area contributed by atoms with E-state index in [1.54, 1.807) is 0 Å². The lowest BCUT2D eigenvalue weighted by molar-refractivity contribution is -0.0555. The molecule has 17 heavy (non-hydrogen) atoms. The van der Waals surface area contributed by atoms with E-state index in [-0.39, 0.29) is 0 Å². The molecule has 0 bridgehead atoms. The van der Waals surface area contributed by atoms with Gasteiger partial charge in [0.2, 0.25) is 0 Å². The molecule has 0 heterocycles. The molecule has 0 aliphatic heterocycles. The van der Waals surface area contributed by atoms with Gasteiger partial charge in [-0.2, -0.15) is 0 Å². The fourth-order valence-corrected chi connectivity index (χ4v) is 1.79. The van der Waals surface area contributed by atoms with Crippen molar-refractivity contribution in [3.8, 4) is 0 Å². The molecule has 0 radical (unpaired) electrons. The van der Waals surface area contributed by atoms with Gasteiger partial charge in [0.15, 0.2) is 0 Å². The molecule has 0 rings (SSSR count). The van der Waals surface area contributed by atoms with Crippen LogP contribution >= 0.6 is 0 Å². The average Bonchev–Trinajstić information content (AvgIpc) is 2.35. The average molecular weight is 244 g/mol. The first-order chi connectivity index (χ1) is 8.41. The van der Waals surface area contributed by atoms with Crippen molar-refractivity contribution >= 4 is 0 Å². The van der Waals surface area contributed by atoms with E-state index < -0.39 is 0 Å². The molecular formula is C15H32O2. The fraction of sp³-hybridized carbons (Fsp3) is 1.00. The van der Waals surface area contributed by atoms with Gasteiger partial charge >= 0.3 is 0 Å². The van der Waals surface area contributed by atoms with Crippen LogP contribution in [-0.4, -0.2) is 20.0 Å². The van der Waals surface area contributed by atoms with Crippen molar-refractivity contribution in [2.45, 2.75) is 78.1 Å². The maximum atomic E-state index is 5.42. The van der Waals surface area contributed by atoms with Crippen LogP contribution in [-0.2, 0) is 9.47 Å². The topological polar surface area (TPSA) is 18.5 Å². The monoisotopic (exact) mass is 244 g/mol.